The maximum atomic E-state index is 12.8. The van der Waals surface area contributed by atoms with Gasteiger partial charge in [0.15, 0.2) is 0 Å². The van der Waals surface area contributed by atoms with Gasteiger partial charge in [-0.3, -0.25) is 9.69 Å². The summed E-state index contributed by atoms with van der Waals surface area (Å²) in [6.45, 7) is 3.47. The summed E-state index contributed by atoms with van der Waals surface area (Å²) in [7, 11) is 0. The first-order valence-corrected chi connectivity index (χ1v) is 11.0. The Morgan fingerprint density at radius 3 is 2.53 bits per heavy atom. The molecule has 6 nitrogen and oxygen atoms in total. The van der Waals surface area contributed by atoms with E-state index in [0.717, 1.165) is 30.7 Å². The minimum Gasteiger partial charge on any atom is -0.493 e. The van der Waals surface area contributed by atoms with Crippen LogP contribution < -0.4 is 4.74 Å². The average Bonchev–Trinajstić information content (AvgIpc) is 3.41. The number of ether oxygens (including phenoxy) is 1. The van der Waals surface area contributed by atoms with E-state index in [1.54, 1.807) is 6.92 Å². The van der Waals surface area contributed by atoms with Gasteiger partial charge < -0.3 is 14.3 Å². The van der Waals surface area contributed by atoms with E-state index in [0.29, 0.717) is 48.8 Å². The fraction of sp³-hybridized carbons (Fsp3) is 0.360. The Hall–Kier alpha value is -3.33. The van der Waals surface area contributed by atoms with Crippen molar-refractivity contribution in [3.63, 3.8) is 0 Å². The zero-order valence-corrected chi connectivity index (χ0v) is 18.6. The second-order valence-corrected chi connectivity index (χ2v) is 8.31. The third kappa shape index (κ3) is 5.59. The monoisotopic (exact) mass is 474 g/mol. The molecule has 4 rings (SSSR count). The lowest BCUT2D eigenvalue weighted by Gasteiger charge is -2.21. The molecule has 0 aliphatic carbocycles. The molecule has 1 aromatic heterocycles. The molecule has 1 aliphatic rings. The number of aromatic nitrogens is 1. The Bertz CT molecular complexity index is 1120. The van der Waals surface area contributed by atoms with Crippen molar-refractivity contribution in [2.24, 2.45) is 0 Å². The Morgan fingerprint density at radius 1 is 1.18 bits per heavy atom. The van der Waals surface area contributed by atoms with Crippen LogP contribution in [0.15, 0.2) is 52.9 Å². The van der Waals surface area contributed by atoms with Crippen molar-refractivity contribution in [2.45, 2.75) is 44.9 Å². The van der Waals surface area contributed by atoms with Crippen molar-refractivity contribution in [2.75, 3.05) is 13.2 Å². The number of alkyl halides is 3. The Kier molecular flexibility index (Phi) is 6.92. The van der Waals surface area contributed by atoms with Crippen molar-refractivity contribution >= 4 is 5.97 Å². The number of likely N-dealkylation sites (tertiary alicyclic amines) is 1. The highest BCUT2D eigenvalue weighted by Crippen LogP contribution is 2.31. The molecule has 2 heterocycles. The van der Waals surface area contributed by atoms with E-state index in [1.807, 2.05) is 29.2 Å². The van der Waals surface area contributed by atoms with E-state index in [2.05, 4.69) is 4.98 Å². The van der Waals surface area contributed by atoms with Crippen LogP contribution in [-0.2, 0) is 23.9 Å². The number of carboxylic acids is 1. The lowest BCUT2D eigenvalue weighted by Crippen LogP contribution is -2.35. The van der Waals surface area contributed by atoms with E-state index >= 15 is 0 Å². The first-order chi connectivity index (χ1) is 16.2. The maximum Gasteiger partial charge on any atom is 0.416 e. The predicted octanol–water partition coefficient (Wildman–Crippen LogP) is 5.34. The lowest BCUT2D eigenvalue weighted by atomic mass is 10.1. The number of carbonyl (C=O) groups is 1. The van der Waals surface area contributed by atoms with Gasteiger partial charge in [-0.25, -0.2) is 4.98 Å². The molecule has 1 N–H and O–H groups in total. The molecule has 0 amide bonds. The summed E-state index contributed by atoms with van der Waals surface area (Å²) in [5, 5.41) is 9.31. The average molecular weight is 474 g/mol. The Morgan fingerprint density at radius 2 is 1.88 bits per heavy atom. The Labute approximate surface area is 195 Å². The van der Waals surface area contributed by atoms with E-state index < -0.39 is 23.8 Å². The van der Waals surface area contributed by atoms with Crippen LogP contribution in [-0.4, -0.2) is 40.2 Å². The van der Waals surface area contributed by atoms with E-state index in [4.69, 9.17) is 9.15 Å². The number of aliphatic carboxylic acids is 1. The zero-order chi connectivity index (χ0) is 24.3. The second-order valence-electron chi connectivity index (χ2n) is 8.31. The number of oxazole rings is 1. The van der Waals surface area contributed by atoms with Gasteiger partial charge in [-0.1, -0.05) is 12.1 Å². The van der Waals surface area contributed by atoms with Crippen LogP contribution in [0.3, 0.4) is 0 Å². The minimum absolute atomic E-state index is 0.271. The topological polar surface area (TPSA) is 75.8 Å². The van der Waals surface area contributed by atoms with Gasteiger partial charge in [0.25, 0.3) is 0 Å². The molecule has 0 spiro atoms. The van der Waals surface area contributed by atoms with Crippen LogP contribution in [0.5, 0.6) is 5.75 Å². The van der Waals surface area contributed by atoms with Gasteiger partial charge in [0.1, 0.15) is 17.6 Å². The van der Waals surface area contributed by atoms with Crippen LogP contribution in [0.4, 0.5) is 13.2 Å². The number of hydrogen-bond acceptors (Lipinski definition) is 5. The number of hydrogen-bond donors (Lipinski definition) is 1. The van der Waals surface area contributed by atoms with Crippen molar-refractivity contribution in [3.8, 4) is 17.2 Å². The van der Waals surface area contributed by atoms with Gasteiger partial charge in [0, 0.05) is 18.5 Å². The number of nitrogens with zero attached hydrogens (tertiary/aromatic N) is 2. The first kappa shape index (κ1) is 23.8. The molecule has 1 saturated heterocycles. The molecule has 0 unspecified atom stereocenters. The molecule has 34 heavy (non-hydrogen) atoms. The molecule has 0 bridgehead atoms. The van der Waals surface area contributed by atoms with Crippen molar-refractivity contribution in [1.29, 1.82) is 0 Å². The number of aryl methyl sites for hydroxylation is 1. The van der Waals surface area contributed by atoms with Gasteiger partial charge in [0.05, 0.1) is 17.9 Å². The maximum absolute atomic E-state index is 12.8. The molecule has 0 saturated carbocycles. The van der Waals surface area contributed by atoms with Crippen LogP contribution in [0.1, 0.15) is 35.4 Å². The number of benzene rings is 2. The highest BCUT2D eigenvalue weighted by Gasteiger charge is 2.31. The van der Waals surface area contributed by atoms with Crippen molar-refractivity contribution in [3.05, 3.63) is 71.1 Å². The third-order valence-corrected chi connectivity index (χ3v) is 5.92. The number of rotatable bonds is 8. The number of halogens is 3. The quantitative estimate of drug-likeness (QED) is 0.475. The minimum atomic E-state index is -4.39. The highest BCUT2D eigenvalue weighted by molar-refractivity contribution is 5.73. The molecule has 1 atom stereocenters. The summed E-state index contributed by atoms with van der Waals surface area (Å²) in [6, 6.07) is 11.8. The summed E-state index contributed by atoms with van der Waals surface area (Å²) >= 11 is 0. The van der Waals surface area contributed by atoms with E-state index in [-0.39, 0.29) is 5.89 Å². The largest absolute Gasteiger partial charge is 0.493 e. The normalized spacial score (nSPS) is 16.6. The smallest absolute Gasteiger partial charge is 0.416 e. The van der Waals surface area contributed by atoms with Crippen molar-refractivity contribution in [1.82, 2.24) is 9.88 Å². The molecule has 1 aliphatic heterocycles. The fourth-order valence-electron chi connectivity index (χ4n) is 4.07. The summed E-state index contributed by atoms with van der Waals surface area (Å²) in [6.07, 6.45) is -2.34. The Balaban J connectivity index is 1.31. The molecule has 3 aromatic rings. The third-order valence-electron chi connectivity index (χ3n) is 5.92. The molecule has 9 heteroatoms. The standard InChI is InChI=1S/C25H25F3N2O4/c1-16-21(29-23(34-16)18-6-8-19(9-7-18)25(26,27)28)12-14-33-20-10-4-17(5-11-20)15-30-13-2-3-22(30)24(31)32/h4-11,22H,2-3,12-15H2,1H3,(H,31,32)/t22-/m0/s1. The van der Waals surface area contributed by atoms with Crippen LogP contribution in [0.2, 0.25) is 0 Å². The number of carboxylic acid groups (broad SMARTS) is 1. The molecule has 0 radical (unpaired) electrons. The molecular weight excluding hydrogens is 449 g/mol. The van der Waals surface area contributed by atoms with Gasteiger partial charge in [-0.2, -0.15) is 13.2 Å². The second kappa shape index (κ2) is 9.89. The van der Waals surface area contributed by atoms with E-state index in [1.165, 1.54) is 12.1 Å². The first-order valence-electron chi connectivity index (χ1n) is 11.0. The molecular formula is C25H25F3N2O4. The summed E-state index contributed by atoms with van der Waals surface area (Å²) in [5.41, 5.74) is 1.46. The van der Waals surface area contributed by atoms with Gasteiger partial charge >= 0.3 is 12.1 Å². The van der Waals surface area contributed by atoms with Gasteiger partial charge in [-0.15, -0.1) is 0 Å². The molecule has 180 valence electrons. The van der Waals surface area contributed by atoms with Crippen LogP contribution in [0, 0.1) is 6.92 Å². The summed E-state index contributed by atoms with van der Waals surface area (Å²) in [5.74, 6) is 0.769. The molecule has 2 aromatic carbocycles. The highest BCUT2D eigenvalue weighted by atomic mass is 19.4. The van der Waals surface area contributed by atoms with Crippen LogP contribution in [0.25, 0.3) is 11.5 Å². The zero-order valence-electron chi connectivity index (χ0n) is 18.6. The van der Waals surface area contributed by atoms with Gasteiger partial charge in [0.2, 0.25) is 5.89 Å². The van der Waals surface area contributed by atoms with Crippen molar-refractivity contribution < 1.29 is 32.2 Å². The van der Waals surface area contributed by atoms with Gasteiger partial charge in [-0.05, 0) is 68.3 Å². The van der Waals surface area contributed by atoms with Crippen LogP contribution >= 0.6 is 0 Å². The van der Waals surface area contributed by atoms with E-state index in [9.17, 15) is 23.1 Å². The molecule has 1 fully saturated rings. The summed E-state index contributed by atoms with van der Waals surface area (Å²) in [4.78, 5) is 17.7. The fourth-order valence-corrected chi connectivity index (χ4v) is 4.07. The lowest BCUT2D eigenvalue weighted by molar-refractivity contribution is -0.142. The summed E-state index contributed by atoms with van der Waals surface area (Å²) < 4.78 is 49.7. The SMILES string of the molecule is Cc1oc(-c2ccc(C(F)(F)F)cc2)nc1CCOc1ccc(CN2CCC[C@H]2C(=O)O)cc1. The predicted molar refractivity (Wildman–Crippen MR) is 118 cm³/mol.